The number of nitrogens with one attached hydrogen (secondary N) is 1. The number of aryl methyl sites for hydroxylation is 1. The largest absolute Gasteiger partial charge is 0.322 e. The second-order valence-corrected chi connectivity index (χ2v) is 4.13. The van der Waals surface area contributed by atoms with Gasteiger partial charge in [0.2, 0.25) is 0 Å². The third-order valence-electron chi connectivity index (χ3n) is 2.79. The van der Waals surface area contributed by atoms with E-state index < -0.39 is 17.5 Å². The van der Waals surface area contributed by atoms with Crippen LogP contribution in [0.3, 0.4) is 0 Å². The molecule has 0 saturated heterocycles. The van der Waals surface area contributed by atoms with E-state index in [1.54, 1.807) is 12.1 Å². The molecule has 98 valence electrons. The summed E-state index contributed by atoms with van der Waals surface area (Å²) in [5, 5.41) is 2.53. The summed E-state index contributed by atoms with van der Waals surface area (Å²) < 4.78 is 26.4. The Bertz CT molecular complexity index is 594. The molecule has 2 aromatic carbocycles. The predicted octanol–water partition coefficient (Wildman–Crippen LogP) is 3.78. The maximum Gasteiger partial charge on any atom is 0.258 e. The maximum atomic E-state index is 13.4. The Kier molecular flexibility index (Phi) is 3.90. The molecule has 1 N–H and O–H groups in total. The van der Waals surface area contributed by atoms with Gasteiger partial charge in [-0.3, -0.25) is 4.79 Å². The predicted molar refractivity (Wildman–Crippen MR) is 70.1 cm³/mol. The van der Waals surface area contributed by atoms with Crippen molar-refractivity contribution in [3.63, 3.8) is 0 Å². The van der Waals surface area contributed by atoms with Crippen molar-refractivity contribution < 1.29 is 13.6 Å². The highest BCUT2D eigenvalue weighted by Gasteiger charge is 2.12. The van der Waals surface area contributed by atoms with E-state index in [2.05, 4.69) is 5.32 Å². The monoisotopic (exact) mass is 261 g/mol. The molecule has 0 bridgehead atoms. The zero-order valence-electron chi connectivity index (χ0n) is 10.4. The minimum absolute atomic E-state index is 0.306. The fourth-order valence-electron chi connectivity index (χ4n) is 1.69. The minimum atomic E-state index is -0.746. The standard InChI is InChI=1S/C15H13F2NO/c1-2-10-3-6-12(7-4-10)18-15(19)13-9-11(16)5-8-14(13)17/h3-9H,2H2,1H3,(H,18,19). The highest BCUT2D eigenvalue weighted by atomic mass is 19.1. The number of hydrogen-bond acceptors (Lipinski definition) is 1. The van der Waals surface area contributed by atoms with Crippen molar-refractivity contribution >= 4 is 11.6 Å². The molecule has 0 heterocycles. The lowest BCUT2D eigenvalue weighted by Crippen LogP contribution is -2.14. The number of halogens is 2. The number of anilines is 1. The lowest BCUT2D eigenvalue weighted by atomic mass is 10.1. The molecule has 2 nitrogen and oxygen atoms in total. The van der Waals surface area contributed by atoms with Crippen molar-refractivity contribution in [1.29, 1.82) is 0 Å². The Hall–Kier alpha value is -2.23. The fourth-order valence-corrected chi connectivity index (χ4v) is 1.69. The molecule has 1 amide bonds. The van der Waals surface area contributed by atoms with E-state index in [9.17, 15) is 13.6 Å². The molecule has 2 rings (SSSR count). The second kappa shape index (κ2) is 5.61. The van der Waals surface area contributed by atoms with Crippen molar-refractivity contribution in [2.24, 2.45) is 0 Å². The first-order valence-electron chi connectivity index (χ1n) is 5.95. The zero-order chi connectivity index (χ0) is 13.8. The van der Waals surface area contributed by atoms with Gasteiger partial charge in [-0.05, 0) is 42.3 Å². The number of carbonyl (C=O) groups is 1. The molecule has 0 unspecified atom stereocenters. The molecule has 19 heavy (non-hydrogen) atoms. The summed E-state index contributed by atoms with van der Waals surface area (Å²) in [5.41, 5.74) is 1.38. The normalized spacial score (nSPS) is 10.3. The van der Waals surface area contributed by atoms with Crippen LogP contribution in [-0.2, 0) is 6.42 Å². The lowest BCUT2D eigenvalue weighted by Gasteiger charge is -2.07. The third kappa shape index (κ3) is 3.16. The molecule has 0 aliphatic heterocycles. The van der Waals surface area contributed by atoms with Crippen LogP contribution in [0.5, 0.6) is 0 Å². The average Bonchev–Trinajstić information content (AvgIpc) is 2.42. The Labute approximate surface area is 110 Å². The molecule has 0 radical (unpaired) electrons. The molecule has 4 heteroatoms. The van der Waals surface area contributed by atoms with E-state index in [0.29, 0.717) is 5.69 Å². The van der Waals surface area contributed by atoms with Gasteiger partial charge in [0.05, 0.1) is 5.56 Å². The summed E-state index contributed by atoms with van der Waals surface area (Å²) in [7, 11) is 0. The van der Waals surface area contributed by atoms with Gasteiger partial charge in [0.1, 0.15) is 11.6 Å². The first-order chi connectivity index (χ1) is 9.10. The van der Waals surface area contributed by atoms with Gasteiger partial charge in [-0.1, -0.05) is 19.1 Å². The molecular weight excluding hydrogens is 248 g/mol. The summed E-state index contributed by atoms with van der Waals surface area (Å²) in [4.78, 5) is 11.8. The van der Waals surface area contributed by atoms with Gasteiger partial charge >= 0.3 is 0 Å². The quantitative estimate of drug-likeness (QED) is 0.895. The summed E-state index contributed by atoms with van der Waals surface area (Å²) in [6, 6.07) is 9.99. The topological polar surface area (TPSA) is 29.1 Å². The van der Waals surface area contributed by atoms with Gasteiger partial charge in [-0.25, -0.2) is 8.78 Å². The van der Waals surface area contributed by atoms with E-state index in [0.717, 1.165) is 30.2 Å². The van der Waals surface area contributed by atoms with Gasteiger partial charge in [0, 0.05) is 5.69 Å². The summed E-state index contributed by atoms with van der Waals surface area (Å²) in [6.07, 6.45) is 0.896. The van der Waals surface area contributed by atoms with Crippen LogP contribution in [-0.4, -0.2) is 5.91 Å². The van der Waals surface area contributed by atoms with E-state index in [4.69, 9.17) is 0 Å². The van der Waals surface area contributed by atoms with Crippen LogP contribution in [0.4, 0.5) is 14.5 Å². The minimum Gasteiger partial charge on any atom is -0.322 e. The Morgan fingerprint density at radius 1 is 1.11 bits per heavy atom. The lowest BCUT2D eigenvalue weighted by molar-refractivity contribution is 0.102. The molecule has 0 aromatic heterocycles. The molecule has 0 fully saturated rings. The maximum absolute atomic E-state index is 13.4. The number of hydrogen-bond donors (Lipinski definition) is 1. The Morgan fingerprint density at radius 2 is 1.79 bits per heavy atom. The van der Waals surface area contributed by atoms with Crippen molar-refractivity contribution in [3.8, 4) is 0 Å². The van der Waals surface area contributed by atoms with Crippen LogP contribution in [0.2, 0.25) is 0 Å². The number of benzene rings is 2. The Morgan fingerprint density at radius 3 is 2.42 bits per heavy atom. The molecule has 0 saturated carbocycles. The zero-order valence-corrected chi connectivity index (χ0v) is 10.4. The van der Waals surface area contributed by atoms with Crippen LogP contribution in [0.1, 0.15) is 22.8 Å². The van der Waals surface area contributed by atoms with Crippen LogP contribution in [0.25, 0.3) is 0 Å². The van der Waals surface area contributed by atoms with Crippen LogP contribution >= 0.6 is 0 Å². The van der Waals surface area contributed by atoms with Crippen molar-refractivity contribution in [1.82, 2.24) is 0 Å². The first kappa shape index (κ1) is 13.2. The summed E-state index contributed by atoms with van der Waals surface area (Å²) in [6.45, 7) is 2.02. The molecule has 0 aliphatic rings. The highest BCUT2D eigenvalue weighted by molar-refractivity contribution is 6.04. The SMILES string of the molecule is CCc1ccc(NC(=O)c2cc(F)ccc2F)cc1. The molecule has 0 aliphatic carbocycles. The average molecular weight is 261 g/mol. The molecule has 2 aromatic rings. The summed E-state index contributed by atoms with van der Waals surface area (Å²) >= 11 is 0. The van der Waals surface area contributed by atoms with E-state index in [-0.39, 0.29) is 5.56 Å². The van der Waals surface area contributed by atoms with E-state index in [1.807, 2.05) is 19.1 Å². The van der Waals surface area contributed by atoms with E-state index in [1.165, 1.54) is 0 Å². The van der Waals surface area contributed by atoms with Crippen LogP contribution < -0.4 is 5.32 Å². The molecule has 0 spiro atoms. The fraction of sp³-hybridized carbons (Fsp3) is 0.133. The van der Waals surface area contributed by atoms with Gasteiger partial charge in [-0.15, -0.1) is 0 Å². The first-order valence-corrected chi connectivity index (χ1v) is 5.95. The third-order valence-corrected chi connectivity index (χ3v) is 2.79. The smallest absolute Gasteiger partial charge is 0.258 e. The highest BCUT2D eigenvalue weighted by Crippen LogP contribution is 2.14. The Balaban J connectivity index is 2.18. The second-order valence-electron chi connectivity index (χ2n) is 4.13. The molecule has 0 atom stereocenters. The van der Waals surface area contributed by atoms with Crippen molar-refractivity contribution in [2.45, 2.75) is 13.3 Å². The van der Waals surface area contributed by atoms with Gasteiger partial charge in [-0.2, -0.15) is 0 Å². The van der Waals surface area contributed by atoms with Gasteiger partial charge in [0.25, 0.3) is 5.91 Å². The molecular formula is C15H13F2NO. The van der Waals surface area contributed by atoms with Gasteiger partial charge in [0.15, 0.2) is 0 Å². The van der Waals surface area contributed by atoms with Crippen LogP contribution in [0.15, 0.2) is 42.5 Å². The number of amides is 1. The number of carbonyl (C=O) groups excluding carboxylic acids is 1. The number of rotatable bonds is 3. The van der Waals surface area contributed by atoms with Crippen molar-refractivity contribution in [2.75, 3.05) is 5.32 Å². The summed E-state index contributed by atoms with van der Waals surface area (Å²) in [5.74, 6) is -2.06. The van der Waals surface area contributed by atoms with E-state index >= 15 is 0 Å². The van der Waals surface area contributed by atoms with Crippen LogP contribution in [0, 0.1) is 11.6 Å². The van der Waals surface area contributed by atoms with Crippen molar-refractivity contribution in [3.05, 3.63) is 65.2 Å². The van der Waals surface area contributed by atoms with Gasteiger partial charge < -0.3 is 5.32 Å².